The zero-order valence-corrected chi connectivity index (χ0v) is 18.5. The van der Waals surface area contributed by atoms with Crippen LogP contribution in [0, 0.1) is 5.92 Å². The van der Waals surface area contributed by atoms with Gasteiger partial charge in [0, 0.05) is 37.5 Å². The van der Waals surface area contributed by atoms with Crippen LogP contribution in [0.25, 0.3) is 11.1 Å². The van der Waals surface area contributed by atoms with E-state index in [1.807, 2.05) is 24.3 Å². The quantitative estimate of drug-likeness (QED) is 0.568. The number of hydrogen-bond acceptors (Lipinski definition) is 5. The highest BCUT2D eigenvalue weighted by molar-refractivity contribution is 5.80. The molecule has 3 atom stereocenters. The van der Waals surface area contributed by atoms with Crippen LogP contribution in [0.3, 0.4) is 0 Å². The van der Waals surface area contributed by atoms with Crippen molar-refractivity contribution in [2.24, 2.45) is 5.92 Å². The maximum atomic E-state index is 12.4. The fraction of sp³-hybridized carbons (Fsp3) is 0.400. The van der Waals surface area contributed by atoms with Crippen LogP contribution in [-0.2, 0) is 19.1 Å². The van der Waals surface area contributed by atoms with E-state index < -0.39 is 24.2 Å². The smallest absolute Gasteiger partial charge is 0.407 e. The maximum Gasteiger partial charge on any atom is 0.407 e. The first kappa shape index (κ1) is 22.8. The summed E-state index contributed by atoms with van der Waals surface area (Å²) in [6.45, 7) is 2.53. The molecule has 8 heteroatoms. The lowest BCUT2D eigenvalue weighted by molar-refractivity contribution is -0.149. The molecular weight excluding hydrogens is 424 g/mol. The number of alkyl carbamates (subject to hydrolysis) is 1. The van der Waals surface area contributed by atoms with Crippen molar-refractivity contribution in [1.29, 1.82) is 0 Å². The van der Waals surface area contributed by atoms with E-state index in [-0.39, 0.29) is 37.3 Å². The van der Waals surface area contributed by atoms with Crippen molar-refractivity contribution >= 4 is 18.0 Å². The third-order valence-corrected chi connectivity index (χ3v) is 6.22. The third kappa shape index (κ3) is 5.17. The van der Waals surface area contributed by atoms with Gasteiger partial charge in [0.05, 0.1) is 0 Å². The molecule has 0 spiro atoms. The number of ether oxygens (including phenoxy) is 2. The summed E-state index contributed by atoms with van der Waals surface area (Å²) in [7, 11) is 0. The summed E-state index contributed by atoms with van der Waals surface area (Å²) in [5.74, 6) is -1.57. The lowest BCUT2D eigenvalue weighted by Gasteiger charge is -2.18. The van der Waals surface area contributed by atoms with Gasteiger partial charge in [-0.05, 0) is 35.6 Å². The van der Waals surface area contributed by atoms with E-state index in [1.165, 1.54) is 0 Å². The number of rotatable bonds is 8. The van der Waals surface area contributed by atoms with Crippen molar-refractivity contribution in [1.82, 2.24) is 10.6 Å². The standard InChI is InChI=1S/C25H28N2O6/c1-15(12-22(28)26-13-16-10-11-32-23(16)24(29)30)27-25(31)33-14-21-19-8-4-2-6-17(19)18-7-3-5-9-20(18)21/h2-9,15-16,21,23H,10-14H2,1H3,(H,26,28)(H,27,31)(H,29,30)/t15-,16+,23+/m1/s1. The summed E-state index contributed by atoms with van der Waals surface area (Å²) in [6, 6.07) is 15.8. The molecule has 0 saturated carbocycles. The van der Waals surface area contributed by atoms with Crippen molar-refractivity contribution in [3.63, 3.8) is 0 Å². The third-order valence-electron chi connectivity index (χ3n) is 6.22. The van der Waals surface area contributed by atoms with Crippen LogP contribution in [0.5, 0.6) is 0 Å². The van der Waals surface area contributed by atoms with Crippen molar-refractivity contribution in [3.05, 3.63) is 59.7 Å². The molecule has 0 radical (unpaired) electrons. The molecular formula is C25H28N2O6. The summed E-state index contributed by atoms with van der Waals surface area (Å²) in [4.78, 5) is 35.7. The van der Waals surface area contributed by atoms with Crippen molar-refractivity contribution in [2.45, 2.75) is 37.8 Å². The minimum Gasteiger partial charge on any atom is -0.479 e. The monoisotopic (exact) mass is 452 g/mol. The van der Waals surface area contributed by atoms with Crippen molar-refractivity contribution < 1.29 is 29.0 Å². The summed E-state index contributed by atoms with van der Waals surface area (Å²) in [5.41, 5.74) is 4.58. The second-order valence-corrected chi connectivity index (χ2v) is 8.56. The molecule has 4 rings (SSSR count). The van der Waals surface area contributed by atoms with Crippen molar-refractivity contribution in [2.75, 3.05) is 19.8 Å². The fourth-order valence-corrected chi connectivity index (χ4v) is 4.60. The van der Waals surface area contributed by atoms with Crippen LogP contribution < -0.4 is 10.6 Å². The molecule has 8 nitrogen and oxygen atoms in total. The van der Waals surface area contributed by atoms with Gasteiger partial charge in [-0.15, -0.1) is 0 Å². The van der Waals surface area contributed by atoms with Crippen LogP contribution in [0.4, 0.5) is 4.79 Å². The molecule has 0 bridgehead atoms. The van der Waals surface area contributed by atoms with E-state index in [0.717, 1.165) is 22.3 Å². The van der Waals surface area contributed by atoms with Crippen LogP contribution in [0.1, 0.15) is 36.8 Å². The summed E-state index contributed by atoms with van der Waals surface area (Å²) in [6.07, 6.45) is -0.811. The lowest BCUT2D eigenvalue weighted by atomic mass is 9.98. The number of carboxylic acid groups (broad SMARTS) is 1. The Morgan fingerprint density at radius 2 is 1.73 bits per heavy atom. The number of carboxylic acids is 1. The Balaban J connectivity index is 1.24. The molecule has 2 aliphatic rings. The van der Waals surface area contributed by atoms with Crippen LogP contribution >= 0.6 is 0 Å². The number of amides is 2. The van der Waals surface area contributed by atoms with Gasteiger partial charge < -0.3 is 25.2 Å². The van der Waals surface area contributed by atoms with Gasteiger partial charge in [0.15, 0.2) is 6.10 Å². The number of nitrogens with one attached hydrogen (secondary N) is 2. The first-order valence-corrected chi connectivity index (χ1v) is 11.2. The number of fused-ring (bicyclic) bond motifs is 3. The molecule has 0 unspecified atom stereocenters. The number of carbonyl (C=O) groups excluding carboxylic acids is 2. The Morgan fingerprint density at radius 1 is 1.09 bits per heavy atom. The van der Waals surface area contributed by atoms with E-state index in [1.54, 1.807) is 6.92 Å². The molecule has 0 aromatic heterocycles. The molecule has 1 heterocycles. The van der Waals surface area contributed by atoms with Gasteiger partial charge in [0.2, 0.25) is 5.91 Å². The van der Waals surface area contributed by atoms with E-state index in [9.17, 15) is 14.4 Å². The predicted octanol–water partition coefficient (Wildman–Crippen LogP) is 2.91. The molecule has 2 amide bonds. The number of hydrogen-bond donors (Lipinski definition) is 3. The first-order valence-electron chi connectivity index (χ1n) is 11.2. The largest absolute Gasteiger partial charge is 0.479 e. The van der Waals surface area contributed by atoms with Crippen LogP contribution in [0.2, 0.25) is 0 Å². The lowest BCUT2D eigenvalue weighted by Crippen LogP contribution is -2.40. The number of benzene rings is 2. The molecule has 2 aromatic carbocycles. The molecule has 1 saturated heterocycles. The second-order valence-electron chi connectivity index (χ2n) is 8.56. The van der Waals surface area contributed by atoms with Gasteiger partial charge in [0.1, 0.15) is 6.61 Å². The summed E-state index contributed by atoms with van der Waals surface area (Å²) < 4.78 is 10.7. The fourth-order valence-electron chi connectivity index (χ4n) is 4.60. The van der Waals surface area contributed by atoms with Gasteiger partial charge in [-0.25, -0.2) is 9.59 Å². The highest BCUT2D eigenvalue weighted by Gasteiger charge is 2.34. The van der Waals surface area contributed by atoms with Gasteiger partial charge in [-0.1, -0.05) is 48.5 Å². The maximum absolute atomic E-state index is 12.4. The zero-order chi connectivity index (χ0) is 23.4. The molecule has 3 N–H and O–H groups in total. The van der Waals surface area contributed by atoms with E-state index in [0.29, 0.717) is 13.0 Å². The highest BCUT2D eigenvalue weighted by Crippen LogP contribution is 2.44. The van der Waals surface area contributed by atoms with E-state index >= 15 is 0 Å². The molecule has 33 heavy (non-hydrogen) atoms. The predicted molar refractivity (Wildman–Crippen MR) is 121 cm³/mol. The minimum absolute atomic E-state index is 0.0300. The first-order chi connectivity index (χ1) is 15.9. The Labute approximate surface area is 192 Å². The van der Waals surface area contributed by atoms with Crippen LogP contribution in [0.15, 0.2) is 48.5 Å². The Hall–Kier alpha value is -3.39. The van der Waals surface area contributed by atoms with Gasteiger partial charge in [0.25, 0.3) is 0 Å². The Kier molecular flexibility index (Phi) is 6.93. The molecule has 1 fully saturated rings. The molecule has 1 aliphatic carbocycles. The average Bonchev–Trinajstić information content (AvgIpc) is 3.39. The topological polar surface area (TPSA) is 114 Å². The van der Waals surface area contributed by atoms with E-state index in [4.69, 9.17) is 14.6 Å². The van der Waals surface area contributed by atoms with Crippen molar-refractivity contribution in [3.8, 4) is 11.1 Å². The molecule has 1 aliphatic heterocycles. The van der Waals surface area contributed by atoms with E-state index in [2.05, 4.69) is 34.9 Å². The highest BCUT2D eigenvalue weighted by atomic mass is 16.5. The van der Waals surface area contributed by atoms with Gasteiger partial charge in [-0.3, -0.25) is 4.79 Å². The summed E-state index contributed by atoms with van der Waals surface area (Å²) in [5, 5.41) is 14.6. The minimum atomic E-state index is -1.02. The normalized spacial score (nSPS) is 19.9. The molecule has 2 aromatic rings. The average molecular weight is 453 g/mol. The Morgan fingerprint density at radius 3 is 2.36 bits per heavy atom. The van der Waals surface area contributed by atoms with Crippen LogP contribution in [-0.4, -0.2) is 55.0 Å². The Bertz CT molecular complexity index is 994. The number of aliphatic carboxylic acids is 1. The molecule has 174 valence electrons. The second kappa shape index (κ2) is 10.0. The van der Waals surface area contributed by atoms with Gasteiger partial charge in [-0.2, -0.15) is 0 Å². The van der Waals surface area contributed by atoms with Gasteiger partial charge >= 0.3 is 12.1 Å². The zero-order valence-electron chi connectivity index (χ0n) is 18.5. The SMILES string of the molecule is C[C@H](CC(=O)NC[C@@H]1CCO[C@@H]1C(=O)O)NC(=O)OCC1c2ccccc2-c2ccccc21. The summed E-state index contributed by atoms with van der Waals surface area (Å²) >= 11 is 0. The number of carbonyl (C=O) groups is 3.